The normalized spacial score (nSPS) is 16.2. The zero-order valence-electron chi connectivity index (χ0n) is 10.7. The van der Waals surface area contributed by atoms with Crippen molar-refractivity contribution in [2.75, 3.05) is 13.2 Å². The fourth-order valence-corrected chi connectivity index (χ4v) is 2.10. The Morgan fingerprint density at radius 3 is 2.41 bits per heavy atom. The standard InChI is InChI=1S/C14H21BO2/c1-2-3-4-6-13-7-9-14(10-8-13)15-16-11-5-12-17-15/h7-10H,2-6,11-12H2,1H3. The minimum Gasteiger partial charge on any atom is -0.407 e. The second-order valence-electron chi connectivity index (χ2n) is 4.63. The van der Waals surface area contributed by atoms with Gasteiger partial charge in [0.15, 0.2) is 0 Å². The third-order valence-corrected chi connectivity index (χ3v) is 3.15. The molecule has 0 bridgehead atoms. The van der Waals surface area contributed by atoms with E-state index in [0.29, 0.717) is 0 Å². The van der Waals surface area contributed by atoms with E-state index in [1.165, 1.54) is 31.2 Å². The predicted octanol–water partition coefficient (Wildman–Crippen LogP) is 2.55. The van der Waals surface area contributed by atoms with Crippen molar-refractivity contribution in [3.05, 3.63) is 29.8 Å². The summed E-state index contributed by atoms with van der Waals surface area (Å²) in [5.41, 5.74) is 2.56. The van der Waals surface area contributed by atoms with Gasteiger partial charge in [-0.15, -0.1) is 0 Å². The number of rotatable bonds is 5. The lowest BCUT2D eigenvalue weighted by molar-refractivity contribution is 0.143. The topological polar surface area (TPSA) is 18.5 Å². The van der Waals surface area contributed by atoms with E-state index >= 15 is 0 Å². The van der Waals surface area contributed by atoms with Crippen LogP contribution in [0.4, 0.5) is 0 Å². The van der Waals surface area contributed by atoms with Gasteiger partial charge in [0.1, 0.15) is 0 Å². The molecule has 1 aliphatic rings. The van der Waals surface area contributed by atoms with Crippen LogP contribution in [0.3, 0.4) is 0 Å². The molecule has 2 rings (SSSR count). The Morgan fingerprint density at radius 1 is 1.06 bits per heavy atom. The molecular formula is C14H21BO2. The van der Waals surface area contributed by atoms with Crippen molar-refractivity contribution in [3.8, 4) is 0 Å². The van der Waals surface area contributed by atoms with Gasteiger partial charge in [0.05, 0.1) is 0 Å². The van der Waals surface area contributed by atoms with Crippen LogP contribution in [0, 0.1) is 0 Å². The molecule has 0 amide bonds. The van der Waals surface area contributed by atoms with Gasteiger partial charge in [0.2, 0.25) is 0 Å². The summed E-state index contributed by atoms with van der Waals surface area (Å²) in [5.74, 6) is 0. The van der Waals surface area contributed by atoms with E-state index in [9.17, 15) is 0 Å². The molecule has 0 atom stereocenters. The highest BCUT2D eigenvalue weighted by Crippen LogP contribution is 2.07. The van der Waals surface area contributed by atoms with Crippen molar-refractivity contribution in [3.63, 3.8) is 0 Å². The first kappa shape index (κ1) is 12.7. The van der Waals surface area contributed by atoms with Crippen molar-refractivity contribution in [2.24, 2.45) is 0 Å². The highest BCUT2D eigenvalue weighted by Gasteiger charge is 2.23. The maximum absolute atomic E-state index is 5.58. The van der Waals surface area contributed by atoms with Crippen LogP contribution in [0.1, 0.15) is 38.2 Å². The highest BCUT2D eigenvalue weighted by atomic mass is 16.6. The average Bonchev–Trinajstić information content (AvgIpc) is 2.41. The number of aryl methyl sites for hydroxylation is 1. The summed E-state index contributed by atoms with van der Waals surface area (Å²) < 4.78 is 11.2. The molecule has 0 radical (unpaired) electrons. The lowest BCUT2D eigenvalue weighted by Crippen LogP contribution is -2.40. The molecule has 0 saturated carbocycles. The van der Waals surface area contributed by atoms with E-state index in [-0.39, 0.29) is 7.12 Å². The molecule has 0 aliphatic carbocycles. The van der Waals surface area contributed by atoms with Gasteiger partial charge in [-0.3, -0.25) is 0 Å². The smallest absolute Gasteiger partial charge is 0.407 e. The molecule has 17 heavy (non-hydrogen) atoms. The van der Waals surface area contributed by atoms with Gasteiger partial charge in [-0.1, -0.05) is 44.0 Å². The van der Waals surface area contributed by atoms with Crippen molar-refractivity contribution < 1.29 is 9.31 Å². The Bertz CT molecular complexity index is 317. The molecule has 1 aromatic rings. The zero-order valence-corrected chi connectivity index (χ0v) is 10.7. The van der Waals surface area contributed by atoms with Crippen molar-refractivity contribution in [1.29, 1.82) is 0 Å². The third-order valence-electron chi connectivity index (χ3n) is 3.15. The molecule has 1 aromatic carbocycles. The van der Waals surface area contributed by atoms with Gasteiger partial charge in [-0.25, -0.2) is 0 Å². The van der Waals surface area contributed by atoms with Crippen LogP contribution in [0.5, 0.6) is 0 Å². The average molecular weight is 232 g/mol. The molecule has 0 spiro atoms. The van der Waals surface area contributed by atoms with Crippen LogP contribution >= 0.6 is 0 Å². The molecule has 0 aromatic heterocycles. The Morgan fingerprint density at radius 2 is 1.76 bits per heavy atom. The van der Waals surface area contributed by atoms with Crippen LogP contribution in [-0.2, 0) is 15.7 Å². The molecule has 0 N–H and O–H groups in total. The first-order valence-corrected chi connectivity index (χ1v) is 6.72. The van der Waals surface area contributed by atoms with Gasteiger partial charge < -0.3 is 9.31 Å². The summed E-state index contributed by atoms with van der Waals surface area (Å²) in [7, 11) is -0.145. The minimum atomic E-state index is -0.145. The summed E-state index contributed by atoms with van der Waals surface area (Å²) in [6, 6.07) is 8.67. The number of hydrogen-bond acceptors (Lipinski definition) is 2. The fourth-order valence-electron chi connectivity index (χ4n) is 2.10. The summed E-state index contributed by atoms with van der Waals surface area (Å²) in [4.78, 5) is 0. The van der Waals surface area contributed by atoms with Crippen molar-refractivity contribution in [1.82, 2.24) is 0 Å². The molecule has 1 aliphatic heterocycles. The second-order valence-corrected chi connectivity index (χ2v) is 4.63. The minimum absolute atomic E-state index is 0.145. The first-order valence-electron chi connectivity index (χ1n) is 6.72. The molecule has 1 heterocycles. The van der Waals surface area contributed by atoms with Gasteiger partial charge in [0, 0.05) is 13.2 Å². The lowest BCUT2D eigenvalue weighted by atomic mass is 9.77. The third kappa shape index (κ3) is 3.86. The largest absolute Gasteiger partial charge is 0.493 e. The highest BCUT2D eigenvalue weighted by molar-refractivity contribution is 6.61. The van der Waals surface area contributed by atoms with Crippen LogP contribution < -0.4 is 5.46 Å². The summed E-state index contributed by atoms with van der Waals surface area (Å²) in [6.45, 7) is 3.85. The first-order chi connectivity index (χ1) is 8.40. The quantitative estimate of drug-likeness (QED) is 0.573. The van der Waals surface area contributed by atoms with Crippen LogP contribution in [0.15, 0.2) is 24.3 Å². The van der Waals surface area contributed by atoms with Gasteiger partial charge in [-0.2, -0.15) is 0 Å². The SMILES string of the molecule is CCCCCc1ccc(B2OCCCO2)cc1. The number of unbranched alkanes of at least 4 members (excludes halogenated alkanes) is 2. The van der Waals surface area contributed by atoms with Gasteiger partial charge in [0.25, 0.3) is 0 Å². The van der Waals surface area contributed by atoms with Crippen molar-refractivity contribution >= 4 is 12.6 Å². The predicted molar refractivity (Wildman–Crippen MR) is 71.6 cm³/mol. The van der Waals surface area contributed by atoms with E-state index in [2.05, 4.69) is 31.2 Å². The number of benzene rings is 1. The second kappa shape index (κ2) is 6.82. The zero-order chi connectivity index (χ0) is 11.9. The number of hydrogen-bond donors (Lipinski definition) is 0. The van der Waals surface area contributed by atoms with E-state index in [1.54, 1.807) is 0 Å². The summed E-state index contributed by atoms with van der Waals surface area (Å²) in [6.07, 6.45) is 6.07. The van der Waals surface area contributed by atoms with E-state index in [4.69, 9.17) is 9.31 Å². The monoisotopic (exact) mass is 232 g/mol. The van der Waals surface area contributed by atoms with Crippen molar-refractivity contribution in [2.45, 2.75) is 39.0 Å². The Balaban J connectivity index is 1.88. The fraction of sp³-hybridized carbons (Fsp3) is 0.571. The molecule has 3 heteroatoms. The van der Waals surface area contributed by atoms with Crippen LogP contribution in [-0.4, -0.2) is 20.3 Å². The lowest BCUT2D eigenvalue weighted by Gasteiger charge is -2.19. The van der Waals surface area contributed by atoms with Crippen LogP contribution in [0.2, 0.25) is 0 Å². The Hall–Kier alpha value is -0.795. The molecule has 1 fully saturated rings. The van der Waals surface area contributed by atoms with E-state index in [0.717, 1.165) is 25.1 Å². The molecule has 2 nitrogen and oxygen atoms in total. The molecule has 92 valence electrons. The van der Waals surface area contributed by atoms with Crippen LogP contribution in [0.25, 0.3) is 0 Å². The molecular weight excluding hydrogens is 211 g/mol. The molecule has 0 unspecified atom stereocenters. The maximum Gasteiger partial charge on any atom is 0.493 e. The Labute approximate surface area is 104 Å². The summed E-state index contributed by atoms with van der Waals surface area (Å²) in [5, 5.41) is 0. The molecule has 1 saturated heterocycles. The van der Waals surface area contributed by atoms with E-state index in [1.807, 2.05) is 0 Å². The van der Waals surface area contributed by atoms with Gasteiger partial charge in [-0.05, 0) is 30.3 Å². The van der Waals surface area contributed by atoms with E-state index < -0.39 is 0 Å². The summed E-state index contributed by atoms with van der Waals surface area (Å²) >= 11 is 0. The van der Waals surface area contributed by atoms with Gasteiger partial charge >= 0.3 is 7.12 Å². The Kier molecular flexibility index (Phi) is 5.08. The maximum atomic E-state index is 5.58.